The van der Waals surface area contributed by atoms with Crippen molar-refractivity contribution in [2.24, 2.45) is 0 Å². The molecule has 0 aromatic carbocycles. The van der Waals surface area contributed by atoms with Crippen molar-refractivity contribution in [1.82, 2.24) is 9.84 Å². The molecule has 0 aromatic rings. The molecule has 0 amide bonds. The standard InChI is InChI=1S/C3H3F3N2S/c4-3(5,6)8-7-1-2-9-8/h1-2,7H. The first-order chi connectivity index (χ1) is 4.11. The summed E-state index contributed by atoms with van der Waals surface area (Å²) in [7, 11) is 0. The molecule has 9 heavy (non-hydrogen) atoms. The molecule has 1 N–H and O–H groups in total. The van der Waals surface area contributed by atoms with Gasteiger partial charge in [0.15, 0.2) is 0 Å². The molecule has 0 fully saturated rings. The first kappa shape index (κ1) is 6.76. The van der Waals surface area contributed by atoms with Crippen LogP contribution >= 0.6 is 11.9 Å². The van der Waals surface area contributed by atoms with Crippen molar-refractivity contribution < 1.29 is 13.2 Å². The van der Waals surface area contributed by atoms with Crippen LogP contribution in [0.15, 0.2) is 11.6 Å². The van der Waals surface area contributed by atoms with E-state index < -0.39 is 6.30 Å². The van der Waals surface area contributed by atoms with Crippen LogP contribution in [0.5, 0.6) is 0 Å². The molecule has 0 atom stereocenters. The lowest BCUT2D eigenvalue weighted by atomic mass is 11.0. The summed E-state index contributed by atoms with van der Waals surface area (Å²) in [6.07, 6.45) is -3.08. The summed E-state index contributed by atoms with van der Waals surface area (Å²) in [5, 5.41) is 1.31. The molecular formula is C3H3F3N2S. The van der Waals surface area contributed by atoms with Gasteiger partial charge in [0.2, 0.25) is 0 Å². The van der Waals surface area contributed by atoms with Crippen LogP contribution in [0.3, 0.4) is 0 Å². The Morgan fingerprint density at radius 2 is 2.11 bits per heavy atom. The summed E-state index contributed by atoms with van der Waals surface area (Å²) in [6, 6.07) is 0. The molecule has 0 unspecified atom stereocenters. The van der Waals surface area contributed by atoms with Gasteiger partial charge in [-0.05, 0) is 11.9 Å². The van der Waals surface area contributed by atoms with Crippen molar-refractivity contribution in [1.29, 1.82) is 0 Å². The summed E-state index contributed by atoms with van der Waals surface area (Å²) >= 11 is 0.566. The van der Waals surface area contributed by atoms with Gasteiger partial charge in [-0.25, -0.2) is 0 Å². The fourth-order valence-electron chi connectivity index (χ4n) is 0.353. The molecular weight excluding hydrogens is 153 g/mol. The number of nitrogens with zero attached hydrogens (tertiary/aromatic N) is 1. The summed E-state index contributed by atoms with van der Waals surface area (Å²) in [5.41, 5.74) is 1.99. The Hall–Kier alpha value is -0.360. The van der Waals surface area contributed by atoms with Gasteiger partial charge in [-0.15, -0.1) is 0 Å². The van der Waals surface area contributed by atoms with E-state index in [9.17, 15) is 13.2 Å². The van der Waals surface area contributed by atoms with Gasteiger partial charge < -0.3 is 5.43 Å². The highest BCUT2D eigenvalue weighted by atomic mass is 32.2. The van der Waals surface area contributed by atoms with Crippen molar-refractivity contribution in [3.63, 3.8) is 0 Å². The van der Waals surface area contributed by atoms with Gasteiger partial charge in [0.05, 0.1) is 0 Å². The van der Waals surface area contributed by atoms with Gasteiger partial charge in [0.1, 0.15) is 0 Å². The minimum atomic E-state index is -4.30. The summed E-state index contributed by atoms with van der Waals surface area (Å²) in [4.78, 5) is 0. The van der Waals surface area contributed by atoms with Crippen LogP contribution in [0.2, 0.25) is 0 Å². The first-order valence-electron chi connectivity index (χ1n) is 2.05. The van der Waals surface area contributed by atoms with Crippen LogP contribution in [0, 0.1) is 0 Å². The van der Waals surface area contributed by atoms with Gasteiger partial charge >= 0.3 is 6.30 Å². The zero-order chi connectivity index (χ0) is 6.91. The molecule has 2 nitrogen and oxygen atoms in total. The lowest BCUT2D eigenvalue weighted by molar-refractivity contribution is -0.216. The second-order valence-electron chi connectivity index (χ2n) is 1.30. The highest BCUT2D eigenvalue weighted by Crippen LogP contribution is 2.29. The fourth-order valence-corrected chi connectivity index (χ4v) is 0.837. The number of nitrogens with one attached hydrogen (secondary N) is 1. The van der Waals surface area contributed by atoms with E-state index in [-0.39, 0.29) is 4.41 Å². The van der Waals surface area contributed by atoms with Crippen LogP contribution in [0.25, 0.3) is 0 Å². The Bertz CT molecular complexity index is 124. The summed E-state index contributed by atoms with van der Waals surface area (Å²) < 4.78 is 34.8. The van der Waals surface area contributed by atoms with E-state index in [0.717, 1.165) is 0 Å². The maximum atomic E-state index is 11.6. The molecule has 0 spiro atoms. The average Bonchev–Trinajstić information content (AvgIpc) is 2.08. The second kappa shape index (κ2) is 2.11. The largest absolute Gasteiger partial charge is 0.487 e. The Morgan fingerprint density at radius 3 is 2.33 bits per heavy atom. The topological polar surface area (TPSA) is 15.3 Å². The Balaban J connectivity index is 2.46. The van der Waals surface area contributed by atoms with Crippen LogP contribution in [0.1, 0.15) is 0 Å². The third kappa shape index (κ3) is 1.52. The first-order valence-corrected chi connectivity index (χ1v) is 2.89. The van der Waals surface area contributed by atoms with E-state index in [1.54, 1.807) is 0 Å². The lowest BCUT2D eigenvalue weighted by Crippen LogP contribution is -2.37. The smallest absolute Gasteiger partial charge is 0.308 e. The molecule has 0 aromatic heterocycles. The minimum absolute atomic E-state index is 0.104. The van der Waals surface area contributed by atoms with Crippen molar-refractivity contribution in [2.45, 2.75) is 6.30 Å². The second-order valence-corrected chi connectivity index (χ2v) is 2.15. The third-order valence-corrected chi connectivity index (χ3v) is 1.44. The number of hydrogen-bond acceptors (Lipinski definition) is 3. The molecule has 0 aliphatic carbocycles. The van der Waals surface area contributed by atoms with E-state index in [1.165, 1.54) is 11.6 Å². The van der Waals surface area contributed by atoms with E-state index >= 15 is 0 Å². The molecule has 0 saturated carbocycles. The number of halogens is 3. The zero-order valence-electron chi connectivity index (χ0n) is 4.14. The van der Waals surface area contributed by atoms with Crippen LogP contribution in [-0.4, -0.2) is 10.7 Å². The predicted octanol–water partition coefficient (Wildman–Crippen LogP) is 1.45. The molecule has 0 radical (unpaired) electrons. The van der Waals surface area contributed by atoms with E-state index in [1.807, 2.05) is 5.43 Å². The Kier molecular flexibility index (Phi) is 1.58. The van der Waals surface area contributed by atoms with Crippen molar-refractivity contribution in [2.75, 3.05) is 0 Å². The van der Waals surface area contributed by atoms with Gasteiger partial charge in [0, 0.05) is 11.6 Å². The molecule has 1 aliphatic heterocycles. The predicted molar refractivity (Wildman–Crippen MR) is 27.8 cm³/mol. The fraction of sp³-hybridized carbons (Fsp3) is 0.333. The normalized spacial score (nSPS) is 20.3. The molecule has 0 bridgehead atoms. The minimum Gasteiger partial charge on any atom is -0.308 e. The highest BCUT2D eigenvalue weighted by molar-refractivity contribution is 8.00. The van der Waals surface area contributed by atoms with Crippen LogP contribution in [0.4, 0.5) is 13.2 Å². The maximum Gasteiger partial charge on any atom is 0.487 e. The van der Waals surface area contributed by atoms with Gasteiger partial charge in [-0.1, -0.05) is 4.41 Å². The van der Waals surface area contributed by atoms with Gasteiger partial charge in [0.25, 0.3) is 0 Å². The van der Waals surface area contributed by atoms with Crippen LogP contribution in [-0.2, 0) is 0 Å². The average molecular weight is 156 g/mol. The third-order valence-electron chi connectivity index (χ3n) is 0.656. The van der Waals surface area contributed by atoms with E-state index in [0.29, 0.717) is 11.9 Å². The van der Waals surface area contributed by atoms with E-state index in [2.05, 4.69) is 0 Å². The van der Waals surface area contributed by atoms with Crippen LogP contribution < -0.4 is 5.43 Å². The number of rotatable bonds is 0. The number of hydrazine groups is 1. The zero-order valence-corrected chi connectivity index (χ0v) is 4.96. The maximum absolute atomic E-state index is 11.6. The molecule has 52 valence electrons. The Morgan fingerprint density at radius 1 is 1.44 bits per heavy atom. The quantitative estimate of drug-likeness (QED) is 0.422. The highest BCUT2D eigenvalue weighted by Gasteiger charge is 2.38. The van der Waals surface area contributed by atoms with Gasteiger partial charge in [-0.3, -0.25) is 0 Å². The van der Waals surface area contributed by atoms with Crippen molar-refractivity contribution in [3.05, 3.63) is 11.6 Å². The van der Waals surface area contributed by atoms with Gasteiger partial charge in [-0.2, -0.15) is 13.2 Å². The summed E-state index contributed by atoms with van der Waals surface area (Å²) in [6.45, 7) is 0. The molecule has 1 aliphatic rings. The SMILES string of the molecule is FC(F)(F)N1NC=CS1. The monoisotopic (exact) mass is 156 g/mol. The molecule has 1 heterocycles. The summed E-state index contributed by atoms with van der Waals surface area (Å²) in [5.74, 6) is 0. The Labute approximate surface area is 53.8 Å². The van der Waals surface area contributed by atoms with Crippen molar-refractivity contribution >= 4 is 11.9 Å². The molecule has 1 rings (SSSR count). The molecule has 0 saturated heterocycles. The molecule has 6 heteroatoms. The number of alkyl halides is 3. The van der Waals surface area contributed by atoms with E-state index in [4.69, 9.17) is 0 Å². The lowest BCUT2D eigenvalue weighted by Gasteiger charge is -2.16. The number of hydrogen-bond donors (Lipinski definition) is 1. The van der Waals surface area contributed by atoms with Crippen molar-refractivity contribution in [3.8, 4) is 0 Å².